The molecule has 2 aliphatic rings. The summed E-state index contributed by atoms with van der Waals surface area (Å²) in [6.07, 6.45) is 0. The number of thiophene rings is 1. The van der Waals surface area contributed by atoms with Crippen LogP contribution in [-0.4, -0.2) is 15.0 Å². The second-order valence-electron chi connectivity index (χ2n) is 16.3. The fourth-order valence-corrected chi connectivity index (χ4v) is 10.9. The molecule has 300 valence electrons. The minimum absolute atomic E-state index is 0.587. The van der Waals surface area contributed by atoms with E-state index in [-0.39, 0.29) is 0 Å². The van der Waals surface area contributed by atoms with Gasteiger partial charge in [0.1, 0.15) is 0 Å². The molecule has 1 aliphatic carbocycles. The van der Waals surface area contributed by atoms with E-state index in [1.54, 1.807) is 11.3 Å². The van der Waals surface area contributed by atoms with Crippen LogP contribution in [0.15, 0.2) is 212 Å². The van der Waals surface area contributed by atoms with Crippen LogP contribution < -0.4 is 9.47 Å². The van der Waals surface area contributed by atoms with Crippen LogP contribution in [0.25, 0.3) is 76.6 Å². The lowest BCUT2D eigenvalue weighted by Gasteiger charge is -2.34. The van der Waals surface area contributed by atoms with E-state index in [0.717, 1.165) is 33.6 Å². The number of aromatic nitrogens is 3. The molecule has 0 bridgehead atoms. The third-order valence-corrected chi connectivity index (χ3v) is 13.8. The van der Waals surface area contributed by atoms with Gasteiger partial charge in [0.25, 0.3) is 0 Å². The van der Waals surface area contributed by atoms with Gasteiger partial charge >= 0.3 is 0 Å². The van der Waals surface area contributed by atoms with E-state index < -0.39 is 5.41 Å². The molecule has 5 nitrogen and oxygen atoms in total. The van der Waals surface area contributed by atoms with Gasteiger partial charge in [0, 0.05) is 36.9 Å². The van der Waals surface area contributed by atoms with Gasteiger partial charge < -0.3 is 9.47 Å². The second-order valence-corrected chi connectivity index (χ2v) is 17.4. The zero-order chi connectivity index (χ0) is 42.2. The molecular formula is C58H35N3O2S. The molecule has 13 rings (SSSR count). The van der Waals surface area contributed by atoms with E-state index in [4.69, 9.17) is 24.4 Å². The highest BCUT2D eigenvalue weighted by Crippen LogP contribution is 2.58. The average molecular weight is 838 g/mol. The topological polar surface area (TPSA) is 57.1 Å². The Morgan fingerprint density at radius 1 is 0.328 bits per heavy atom. The lowest BCUT2D eigenvalue weighted by molar-refractivity contribution is 0.359. The molecule has 1 aliphatic heterocycles. The lowest BCUT2D eigenvalue weighted by Crippen LogP contribution is -2.28. The maximum absolute atomic E-state index is 6.51. The number of para-hydroxylation sites is 2. The minimum Gasteiger partial charge on any atom is -0.450 e. The number of hydrogen-bond acceptors (Lipinski definition) is 6. The summed E-state index contributed by atoms with van der Waals surface area (Å²) in [6.45, 7) is 0. The average Bonchev–Trinajstić information content (AvgIpc) is 3.89. The van der Waals surface area contributed by atoms with E-state index in [9.17, 15) is 0 Å². The summed E-state index contributed by atoms with van der Waals surface area (Å²) in [5.41, 5.74) is 11.9. The Balaban J connectivity index is 0.890. The summed E-state index contributed by atoms with van der Waals surface area (Å²) in [4.78, 5) is 14.9. The first-order valence-electron chi connectivity index (χ1n) is 21.4. The third kappa shape index (κ3) is 5.73. The molecule has 3 heterocycles. The number of ether oxygens (including phenoxy) is 2. The van der Waals surface area contributed by atoms with Crippen molar-refractivity contribution in [3.63, 3.8) is 0 Å². The van der Waals surface area contributed by atoms with Gasteiger partial charge in [-0.1, -0.05) is 176 Å². The molecular weight excluding hydrogens is 803 g/mol. The molecule has 0 saturated heterocycles. The van der Waals surface area contributed by atoms with Crippen molar-refractivity contribution >= 4 is 31.5 Å². The SMILES string of the molecule is c1ccc(-c2nc(-c3ccccc3)nc(-c3ccc4c(c3)sc3cc(-c5ccc(C6(c7ccc8c(c7)Oc7ccccc7O8)c7ccccc7-c7ccccc76)cc5)ccc34)n2)cc1. The molecule has 0 unspecified atom stereocenters. The van der Waals surface area contributed by atoms with Crippen LogP contribution in [0.4, 0.5) is 0 Å². The van der Waals surface area contributed by atoms with Gasteiger partial charge in [-0.25, -0.2) is 15.0 Å². The van der Waals surface area contributed by atoms with Gasteiger partial charge in [0.05, 0.1) is 5.41 Å². The zero-order valence-electron chi connectivity index (χ0n) is 34.3. The largest absolute Gasteiger partial charge is 0.450 e. The van der Waals surface area contributed by atoms with Crippen molar-refractivity contribution in [2.24, 2.45) is 0 Å². The summed E-state index contributed by atoms with van der Waals surface area (Å²) in [5, 5.41) is 2.45. The molecule has 64 heavy (non-hydrogen) atoms. The normalized spacial score (nSPS) is 13.1. The van der Waals surface area contributed by atoms with Crippen molar-refractivity contribution in [2.45, 2.75) is 5.41 Å². The smallest absolute Gasteiger partial charge is 0.170 e. The fraction of sp³-hybridized carbons (Fsp3) is 0.0172. The summed E-state index contributed by atoms with van der Waals surface area (Å²) in [6, 6.07) is 74.7. The van der Waals surface area contributed by atoms with E-state index in [0.29, 0.717) is 34.7 Å². The lowest BCUT2D eigenvalue weighted by atomic mass is 9.67. The number of rotatable bonds is 6. The maximum Gasteiger partial charge on any atom is 0.170 e. The quantitative estimate of drug-likeness (QED) is 0.167. The highest BCUT2D eigenvalue weighted by molar-refractivity contribution is 7.25. The van der Waals surface area contributed by atoms with Crippen LogP contribution in [0.3, 0.4) is 0 Å². The van der Waals surface area contributed by atoms with Crippen LogP contribution in [0, 0.1) is 0 Å². The molecule has 0 saturated carbocycles. The summed E-state index contributed by atoms with van der Waals surface area (Å²) < 4.78 is 15.2. The Morgan fingerprint density at radius 2 is 0.781 bits per heavy atom. The molecule has 6 heteroatoms. The highest BCUT2D eigenvalue weighted by atomic mass is 32.1. The molecule has 0 fully saturated rings. The van der Waals surface area contributed by atoms with Crippen LogP contribution in [0.2, 0.25) is 0 Å². The zero-order valence-corrected chi connectivity index (χ0v) is 35.1. The van der Waals surface area contributed by atoms with Crippen LogP contribution in [-0.2, 0) is 5.41 Å². The summed E-state index contributed by atoms with van der Waals surface area (Å²) in [7, 11) is 0. The van der Waals surface area contributed by atoms with E-state index in [1.165, 1.54) is 53.6 Å². The number of fused-ring (bicyclic) bond motifs is 8. The fourth-order valence-electron chi connectivity index (χ4n) is 9.73. The predicted octanol–water partition coefficient (Wildman–Crippen LogP) is 15.2. The molecule has 0 radical (unpaired) electrons. The predicted molar refractivity (Wildman–Crippen MR) is 258 cm³/mol. The highest BCUT2D eigenvalue weighted by Gasteiger charge is 2.46. The first-order chi connectivity index (χ1) is 31.7. The van der Waals surface area contributed by atoms with Gasteiger partial charge in [-0.2, -0.15) is 0 Å². The molecule has 11 aromatic rings. The van der Waals surface area contributed by atoms with Crippen LogP contribution in [0.1, 0.15) is 22.3 Å². The molecule has 9 aromatic carbocycles. The summed E-state index contributed by atoms with van der Waals surface area (Å²) >= 11 is 1.80. The first-order valence-corrected chi connectivity index (χ1v) is 22.2. The molecule has 0 amide bonds. The monoisotopic (exact) mass is 837 g/mol. The van der Waals surface area contributed by atoms with Gasteiger partial charge in [-0.15, -0.1) is 11.3 Å². The van der Waals surface area contributed by atoms with Gasteiger partial charge in [-0.05, 0) is 80.9 Å². The Morgan fingerprint density at radius 3 is 1.39 bits per heavy atom. The van der Waals surface area contributed by atoms with E-state index >= 15 is 0 Å². The van der Waals surface area contributed by atoms with Crippen molar-refractivity contribution in [3.05, 3.63) is 235 Å². The van der Waals surface area contributed by atoms with E-state index in [1.807, 2.05) is 84.9 Å². The minimum atomic E-state index is -0.587. The Labute approximate surface area is 373 Å². The maximum atomic E-state index is 6.51. The van der Waals surface area contributed by atoms with Crippen LogP contribution in [0.5, 0.6) is 23.0 Å². The Kier molecular flexibility index (Phi) is 8.23. The molecule has 2 aromatic heterocycles. The number of hydrogen-bond donors (Lipinski definition) is 0. The number of benzene rings is 9. The van der Waals surface area contributed by atoms with E-state index in [2.05, 4.69) is 127 Å². The first kappa shape index (κ1) is 36.5. The van der Waals surface area contributed by atoms with Crippen LogP contribution >= 0.6 is 11.3 Å². The van der Waals surface area contributed by atoms with Gasteiger partial charge in [-0.3, -0.25) is 0 Å². The van der Waals surface area contributed by atoms with Crippen molar-refractivity contribution in [1.29, 1.82) is 0 Å². The third-order valence-electron chi connectivity index (χ3n) is 12.7. The van der Waals surface area contributed by atoms with Crippen molar-refractivity contribution in [3.8, 4) is 79.4 Å². The van der Waals surface area contributed by atoms with Crippen molar-refractivity contribution in [1.82, 2.24) is 15.0 Å². The molecule has 0 N–H and O–H groups in total. The Hall–Kier alpha value is -8.19. The van der Waals surface area contributed by atoms with Crippen molar-refractivity contribution < 1.29 is 9.47 Å². The van der Waals surface area contributed by atoms with Crippen molar-refractivity contribution in [2.75, 3.05) is 0 Å². The Bertz CT molecular complexity index is 3520. The molecule has 0 spiro atoms. The molecule has 0 atom stereocenters. The standard InChI is InChI=1S/C58H35N3O2S/c1-3-13-37(14-4-1)55-59-56(38-15-5-2-6-16-38)61-57(60-55)40-26-31-46-45-30-25-39(33-53(45)64-54(46)34-40)36-23-27-41(28-24-36)58(47-19-9-7-17-43(47)44-18-8-10-20-48(44)58)42-29-32-51-52(35-42)63-50-22-12-11-21-49(50)62-51/h1-35H. The summed E-state index contributed by atoms with van der Waals surface area (Å²) in [5.74, 6) is 4.81. The van der Waals surface area contributed by atoms with Gasteiger partial charge in [0.15, 0.2) is 40.5 Å². The number of nitrogens with zero attached hydrogens (tertiary/aromatic N) is 3. The van der Waals surface area contributed by atoms with Gasteiger partial charge in [0.2, 0.25) is 0 Å². The second kappa shape index (κ2) is 14.4.